The summed E-state index contributed by atoms with van der Waals surface area (Å²) in [5, 5.41) is 13.7. The largest absolute Gasteiger partial charge is 0.389 e. The molecule has 3 aromatic rings. The van der Waals surface area contributed by atoms with Crippen LogP contribution in [0.15, 0.2) is 84.9 Å². The molecule has 1 atom stereocenters. The van der Waals surface area contributed by atoms with Crippen molar-refractivity contribution in [2.75, 3.05) is 0 Å². The molecule has 0 bridgehead atoms. The van der Waals surface area contributed by atoms with Gasteiger partial charge in [-0.1, -0.05) is 84.9 Å². The molecule has 0 aromatic heterocycles. The molecule has 3 rings (SSSR count). The summed E-state index contributed by atoms with van der Waals surface area (Å²) in [6.07, 6.45) is -0.422. The molecule has 0 fully saturated rings. The second-order valence-electron chi connectivity index (χ2n) is 5.27. The van der Waals surface area contributed by atoms with Crippen molar-refractivity contribution in [2.45, 2.75) is 13.0 Å². The van der Waals surface area contributed by atoms with Gasteiger partial charge in [-0.15, -0.1) is 0 Å². The second kappa shape index (κ2) is 6.87. The second-order valence-corrected chi connectivity index (χ2v) is 7.49. The van der Waals surface area contributed by atoms with E-state index >= 15 is 0 Å². The molecule has 0 saturated heterocycles. The summed E-state index contributed by atoms with van der Waals surface area (Å²) in [5.41, 5.74) is 0.958. The highest BCUT2D eigenvalue weighted by molar-refractivity contribution is 7.79. The topological polar surface area (TPSA) is 20.2 Å². The molecule has 2 heteroatoms. The number of hydrogen-bond acceptors (Lipinski definition) is 1. The van der Waals surface area contributed by atoms with E-state index in [4.69, 9.17) is 0 Å². The first-order chi connectivity index (χ1) is 10.8. The monoisotopic (exact) mass is 306 g/mol. The minimum Gasteiger partial charge on any atom is -0.389 e. The third-order valence-electron chi connectivity index (χ3n) is 3.66. The van der Waals surface area contributed by atoms with Gasteiger partial charge in [0.25, 0.3) is 0 Å². The van der Waals surface area contributed by atoms with Crippen molar-refractivity contribution < 1.29 is 5.11 Å². The molecule has 1 nitrogen and oxygen atoms in total. The van der Waals surface area contributed by atoms with Crippen molar-refractivity contribution in [3.05, 3.63) is 90.5 Å². The Kier molecular flexibility index (Phi) is 4.68. The highest BCUT2D eigenvalue weighted by Crippen LogP contribution is 2.32. The fraction of sp³-hybridized carbons (Fsp3) is 0.100. The van der Waals surface area contributed by atoms with Crippen LogP contribution in [0.1, 0.15) is 18.6 Å². The highest BCUT2D eigenvalue weighted by atomic mass is 31.1. The lowest BCUT2D eigenvalue weighted by molar-refractivity contribution is 0.199. The van der Waals surface area contributed by atoms with Gasteiger partial charge in [0.2, 0.25) is 0 Å². The van der Waals surface area contributed by atoms with Crippen molar-refractivity contribution in [3.63, 3.8) is 0 Å². The van der Waals surface area contributed by atoms with Crippen molar-refractivity contribution in [3.8, 4) is 0 Å². The number of hydrogen-bond donors (Lipinski definition) is 1. The maximum absolute atomic E-state index is 9.69. The summed E-state index contributed by atoms with van der Waals surface area (Å²) in [4.78, 5) is 0. The van der Waals surface area contributed by atoms with Crippen LogP contribution in [-0.4, -0.2) is 5.11 Å². The third kappa shape index (κ3) is 3.27. The Bertz CT molecular complexity index is 666. The molecule has 0 aliphatic carbocycles. The highest BCUT2D eigenvalue weighted by Gasteiger charge is 2.16. The van der Waals surface area contributed by atoms with Crippen LogP contribution in [0.2, 0.25) is 0 Å². The minimum absolute atomic E-state index is 0.422. The first-order valence-electron chi connectivity index (χ1n) is 7.44. The van der Waals surface area contributed by atoms with Crippen LogP contribution in [0.25, 0.3) is 0 Å². The number of benzene rings is 3. The Morgan fingerprint density at radius 3 is 1.45 bits per heavy atom. The van der Waals surface area contributed by atoms with Gasteiger partial charge in [-0.2, -0.15) is 0 Å². The molecule has 3 aromatic carbocycles. The molecule has 0 radical (unpaired) electrons. The zero-order valence-corrected chi connectivity index (χ0v) is 13.4. The molecule has 1 N–H and O–H groups in total. The zero-order valence-electron chi connectivity index (χ0n) is 12.6. The van der Waals surface area contributed by atoms with Crippen LogP contribution < -0.4 is 15.9 Å². The summed E-state index contributed by atoms with van der Waals surface area (Å²) < 4.78 is 0. The normalized spacial score (nSPS) is 12.3. The van der Waals surface area contributed by atoms with E-state index in [1.54, 1.807) is 6.92 Å². The Labute approximate surface area is 133 Å². The molecular weight excluding hydrogens is 287 g/mol. The van der Waals surface area contributed by atoms with Crippen molar-refractivity contribution in [1.82, 2.24) is 0 Å². The average molecular weight is 306 g/mol. The lowest BCUT2D eigenvalue weighted by atomic mass is 10.1. The van der Waals surface area contributed by atoms with Gasteiger partial charge in [0, 0.05) is 0 Å². The molecule has 0 saturated carbocycles. The van der Waals surface area contributed by atoms with Gasteiger partial charge in [0.15, 0.2) is 0 Å². The summed E-state index contributed by atoms with van der Waals surface area (Å²) >= 11 is 0. The first-order valence-corrected chi connectivity index (χ1v) is 8.78. The van der Waals surface area contributed by atoms with Crippen LogP contribution in [0.5, 0.6) is 0 Å². The van der Waals surface area contributed by atoms with Gasteiger partial charge >= 0.3 is 0 Å². The molecular formula is C20H19OP. The predicted octanol–water partition coefficient (Wildman–Crippen LogP) is 3.50. The third-order valence-corrected chi connectivity index (χ3v) is 6.11. The lowest BCUT2D eigenvalue weighted by Crippen LogP contribution is -2.20. The van der Waals surface area contributed by atoms with E-state index in [0.717, 1.165) is 5.56 Å². The number of aliphatic hydroxyl groups is 1. The predicted molar refractivity (Wildman–Crippen MR) is 95.8 cm³/mol. The standard InChI is InChI=1S/C20H19OP/c1-16(21)17-12-14-20(15-13-17)22(18-8-4-2-5-9-18)19-10-6-3-7-11-19/h2-16,21H,1H3. The average Bonchev–Trinajstić information content (AvgIpc) is 2.57. The SMILES string of the molecule is CC(O)c1ccc(P(c2ccccc2)c2ccccc2)cc1. The molecule has 0 spiro atoms. The molecule has 0 heterocycles. The van der Waals surface area contributed by atoms with E-state index in [1.165, 1.54) is 15.9 Å². The number of aliphatic hydroxyl groups excluding tert-OH is 1. The fourth-order valence-corrected chi connectivity index (χ4v) is 4.79. The van der Waals surface area contributed by atoms with E-state index in [0.29, 0.717) is 0 Å². The van der Waals surface area contributed by atoms with Gasteiger partial charge in [-0.25, -0.2) is 0 Å². The lowest BCUT2D eigenvalue weighted by Gasteiger charge is -2.19. The van der Waals surface area contributed by atoms with Crippen LogP contribution >= 0.6 is 7.92 Å². The molecule has 1 unspecified atom stereocenters. The van der Waals surface area contributed by atoms with Crippen LogP contribution in [-0.2, 0) is 0 Å². The Morgan fingerprint density at radius 2 is 1.05 bits per heavy atom. The van der Waals surface area contributed by atoms with E-state index in [2.05, 4.69) is 72.8 Å². The van der Waals surface area contributed by atoms with Gasteiger partial charge in [-0.3, -0.25) is 0 Å². The van der Waals surface area contributed by atoms with Crippen molar-refractivity contribution >= 4 is 23.8 Å². The summed E-state index contributed by atoms with van der Waals surface area (Å²) in [6, 6.07) is 29.6. The van der Waals surface area contributed by atoms with Crippen molar-refractivity contribution in [1.29, 1.82) is 0 Å². The summed E-state index contributed by atoms with van der Waals surface area (Å²) in [5.74, 6) is 0. The molecule has 110 valence electrons. The van der Waals surface area contributed by atoms with E-state index < -0.39 is 14.0 Å². The summed E-state index contributed by atoms with van der Waals surface area (Å²) in [7, 11) is -0.559. The van der Waals surface area contributed by atoms with E-state index in [-0.39, 0.29) is 0 Å². The number of rotatable bonds is 4. The van der Waals surface area contributed by atoms with Crippen LogP contribution in [0, 0.1) is 0 Å². The Balaban J connectivity index is 2.06. The Hall–Kier alpha value is -1.95. The van der Waals surface area contributed by atoms with Gasteiger partial charge < -0.3 is 5.11 Å². The smallest absolute Gasteiger partial charge is 0.0761 e. The molecule has 0 aliphatic heterocycles. The maximum atomic E-state index is 9.69. The van der Waals surface area contributed by atoms with Gasteiger partial charge in [-0.05, 0) is 36.3 Å². The molecule has 22 heavy (non-hydrogen) atoms. The Morgan fingerprint density at radius 1 is 0.636 bits per heavy atom. The fourth-order valence-electron chi connectivity index (χ4n) is 2.50. The molecule has 0 amide bonds. The first kappa shape index (κ1) is 15.0. The maximum Gasteiger partial charge on any atom is 0.0761 e. The molecule has 0 aliphatic rings. The zero-order chi connectivity index (χ0) is 15.4. The van der Waals surface area contributed by atoms with Gasteiger partial charge in [0.1, 0.15) is 0 Å². The summed E-state index contributed by atoms with van der Waals surface area (Å²) in [6.45, 7) is 1.80. The quantitative estimate of drug-likeness (QED) is 0.732. The van der Waals surface area contributed by atoms with E-state index in [9.17, 15) is 5.11 Å². The minimum atomic E-state index is -0.559. The van der Waals surface area contributed by atoms with Crippen LogP contribution in [0.3, 0.4) is 0 Å². The van der Waals surface area contributed by atoms with Crippen molar-refractivity contribution in [2.24, 2.45) is 0 Å². The van der Waals surface area contributed by atoms with Gasteiger partial charge in [0.05, 0.1) is 6.10 Å². The van der Waals surface area contributed by atoms with Crippen LogP contribution in [0.4, 0.5) is 0 Å². The van der Waals surface area contributed by atoms with E-state index in [1.807, 2.05) is 12.1 Å².